The Balaban J connectivity index is -0.0000000800. The molecule has 0 aliphatic carbocycles. The van der Waals surface area contributed by atoms with Crippen molar-refractivity contribution >= 4 is 0 Å². The second-order valence-corrected chi connectivity index (χ2v) is 1.08. The Kier molecular flexibility index (Phi) is 39.5. The van der Waals surface area contributed by atoms with Crippen LogP contribution in [0, 0.1) is 0 Å². The number of hydrogen-bond acceptors (Lipinski definition) is 0. The molecule has 0 radical (unpaired) electrons. The van der Waals surface area contributed by atoms with E-state index in [9.17, 15) is 0 Å². The van der Waals surface area contributed by atoms with Crippen LogP contribution in [-0.4, -0.2) is 11.0 Å². The van der Waals surface area contributed by atoms with Crippen LogP contribution in [0.2, 0.25) is 0 Å². The lowest BCUT2D eigenvalue weighted by Gasteiger charge is -1.72. The van der Waals surface area contributed by atoms with Gasteiger partial charge in [0.2, 0.25) is 0 Å². The van der Waals surface area contributed by atoms with Crippen molar-refractivity contribution in [2.24, 2.45) is 0 Å². The van der Waals surface area contributed by atoms with Gasteiger partial charge < -0.3 is 11.0 Å². The summed E-state index contributed by atoms with van der Waals surface area (Å²) in [7, 11) is 0. The van der Waals surface area contributed by atoms with Crippen LogP contribution in [-0.2, 0) is 0 Å². The Morgan fingerprint density at radius 2 is 1.86 bits per heavy atom. The molecule has 0 spiro atoms. The molecule has 0 atom stereocenters. The molecule has 7 heavy (non-hydrogen) atoms. The van der Waals surface area contributed by atoms with E-state index in [1.165, 1.54) is 6.42 Å². The van der Waals surface area contributed by atoms with E-state index in [-0.39, 0.29) is 11.0 Å². The Bertz CT molecular complexity index is 27.3. The molecule has 0 fully saturated rings. The van der Waals surface area contributed by atoms with Gasteiger partial charge in [-0.15, -0.1) is 6.58 Å². The smallest absolute Gasteiger partial charge is 0.0356 e. The maximum Gasteiger partial charge on any atom is -0.0356 e. The van der Waals surface area contributed by atoms with E-state index in [1.807, 2.05) is 6.08 Å². The van der Waals surface area contributed by atoms with Gasteiger partial charge in [-0.25, -0.2) is 0 Å². The van der Waals surface area contributed by atoms with Crippen LogP contribution in [0.4, 0.5) is 0 Å². The van der Waals surface area contributed by atoms with E-state index in [0.717, 1.165) is 6.42 Å². The summed E-state index contributed by atoms with van der Waals surface area (Å²) in [6.45, 7) is 5.69. The van der Waals surface area contributed by atoms with Crippen molar-refractivity contribution in [1.82, 2.24) is 0 Å². The molecule has 0 unspecified atom stereocenters. The highest BCUT2D eigenvalue weighted by Crippen LogP contribution is 1.82. The van der Waals surface area contributed by atoms with Gasteiger partial charge in [0.1, 0.15) is 0 Å². The minimum Gasteiger partial charge on any atom is -0.412 e. The molecular formula is C5H14O2. The van der Waals surface area contributed by atoms with Gasteiger partial charge in [-0.2, -0.15) is 0 Å². The molecule has 46 valence electrons. The fraction of sp³-hybridized carbons (Fsp3) is 0.600. The van der Waals surface area contributed by atoms with Crippen LogP contribution in [0.25, 0.3) is 0 Å². The third-order valence-electron chi connectivity index (χ3n) is 0.493. The number of hydrogen-bond donors (Lipinski definition) is 0. The summed E-state index contributed by atoms with van der Waals surface area (Å²) >= 11 is 0. The molecular weight excluding hydrogens is 92.1 g/mol. The predicted molar refractivity (Wildman–Crippen MR) is 32.3 cm³/mol. The van der Waals surface area contributed by atoms with Gasteiger partial charge in [-0.3, -0.25) is 0 Å². The van der Waals surface area contributed by atoms with Crippen molar-refractivity contribution in [2.45, 2.75) is 19.8 Å². The lowest BCUT2D eigenvalue weighted by molar-refractivity contribution is 0.823. The predicted octanol–water partition coefficient (Wildman–Crippen LogP) is 0.323. The fourth-order valence-electron chi connectivity index (χ4n) is 0.204. The minimum absolute atomic E-state index is 0. The van der Waals surface area contributed by atoms with Crippen LogP contribution >= 0.6 is 0 Å². The molecule has 2 nitrogen and oxygen atoms in total. The van der Waals surface area contributed by atoms with Gasteiger partial charge in [0.05, 0.1) is 0 Å². The highest BCUT2D eigenvalue weighted by atomic mass is 16.0. The zero-order valence-corrected chi connectivity index (χ0v) is 4.70. The zero-order chi connectivity index (χ0) is 4.12. The quantitative estimate of drug-likeness (QED) is 0.455. The lowest BCUT2D eigenvalue weighted by Crippen LogP contribution is -1.52. The second-order valence-electron chi connectivity index (χ2n) is 1.08. The molecule has 0 bridgehead atoms. The summed E-state index contributed by atoms with van der Waals surface area (Å²) in [5.41, 5.74) is 0. The molecule has 0 saturated carbocycles. The standard InChI is InChI=1S/C5H10.2H2O/c1-3-5-4-2;;/h3H,1,4-5H2,2H3;2*1H2. The molecule has 2 heteroatoms. The van der Waals surface area contributed by atoms with E-state index in [0.29, 0.717) is 0 Å². The van der Waals surface area contributed by atoms with Crippen molar-refractivity contribution in [3.8, 4) is 0 Å². The van der Waals surface area contributed by atoms with Gasteiger partial charge in [0, 0.05) is 0 Å². The van der Waals surface area contributed by atoms with Crippen molar-refractivity contribution in [1.29, 1.82) is 0 Å². The summed E-state index contributed by atoms with van der Waals surface area (Å²) in [5.74, 6) is 0. The van der Waals surface area contributed by atoms with Crippen LogP contribution in [0.1, 0.15) is 19.8 Å². The topological polar surface area (TPSA) is 63.0 Å². The summed E-state index contributed by atoms with van der Waals surface area (Å²) in [5, 5.41) is 0. The van der Waals surface area contributed by atoms with Gasteiger partial charge in [0.25, 0.3) is 0 Å². The van der Waals surface area contributed by atoms with Gasteiger partial charge in [-0.05, 0) is 6.42 Å². The Morgan fingerprint density at radius 1 is 1.43 bits per heavy atom. The van der Waals surface area contributed by atoms with Crippen LogP contribution in [0.5, 0.6) is 0 Å². The molecule has 0 aromatic heterocycles. The monoisotopic (exact) mass is 106 g/mol. The minimum atomic E-state index is 0. The Morgan fingerprint density at radius 3 is 1.86 bits per heavy atom. The third kappa shape index (κ3) is 27.5. The number of allylic oxidation sites excluding steroid dienone is 1. The van der Waals surface area contributed by atoms with Gasteiger partial charge in [0.15, 0.2) is 0 Å². The molecule has 0 aliphatic rings. The summed E-state index contributed by atoms with van der Waals surface area (Å²) < 4.78 is 0. The molecule has 0 aromatic rings. The number of unbranched alkanes of at least 4 members (excludes halogenated alkanes) is 1. The van der Waals surface area contributed by atoms with E-state index < -0.39 is 0 Å². The first-order valence-electron chi connectivity index (χ1n) is 2.02. The third-order valence-corrected chi connectivity index (χ3v) is 0.493. The summed E-state index contributed by atoms with van der Waals surface area (Å²) in [4.78, 5) is 0. The zero-order valence-electron chi connectivity index (χ0n) is 4.70. The summed E-state index contributed by atoms with van der Waals surface area (Å²) in [6, 6.07) is 0. The molecule has 0 amide bonds. The first-order valence-corrected chi connectivity index (χ1v) is 2.02. The van der Waals surface area contributed by atoms with Crippen LogP contribution in [0.15, 0.2) is 12.7 Å². The second kappa shape index (κ2) is 17.4. The van der Waals surface area contributed by atoms with Crippen molar-refractivity contribution in [3.63, 3.8) is 0 Å². The SMILES string of the molecule is C=CCCC.O.O. The number of rotatable bonds is 2. The fourth-order valence-corrected chi connectivity index (χ4v) is 0.204. The average molecular weight is 106 g/mol. The van der Waals surface area contributed by atoms with Crippen molar-refractivity contribution in [3.05, 3.63) is 12.7 Å². The summed E-state index contributed by atoms with van der Waals surface area (Å²) in [6.07, 6.45) is 4.31. The van der Waals surface area contributed by atoms with E-state index in [2.05, 4.69) is 13.5 Å². The molecule has 0 heterocycles. The van der Waals surface area contributed by atoms with E-state index >= 15 is 0 Å². The molecule has 0 rings (SSSR count). The average Bonchev–Trinajstić information content (AvgIpc) is 1.41. The molecule has 0 aliphatic heterocycles. The maximum absolute atomic E-state index is 3.55. The molecule has 0 aromatic carbocycles. The van der Waals surface area contributed by atoms with Gasteiger partial charge in [-0.1, -0.05) is 19.4 Å². The van der Waals surface area contributed by atoms with Gasteiger partial charge >= 0.3 is 0 Å². The molecule has 4 N–H and O–H groups in total. The van der Waals surface area contributed by atoms with Crippen molar-refractivity contribution < 1.29 is 11.0 Å². The Hall–Kier alpha value is -0.340. The Labute approximate surface area is 44.5 Å². The van der Waals surface area contributed by atoms with E-state index in [4.69, 9.17) is 0 Å². The normalized spacial score (nSPS) is 5.29. The molecule has 0 saturated heterocycles. The van der Waals surface area contributed by atoms with Crippen molar-refractivity contribution in [2.75, 3.05) is 0 Å². The lowest BCUT2D eigenvalue weighted by atomic mass is 10.3. The first kappa shape index (κ1) is 15.9. The first-order chi connectivity index (χ1) is 2.41. The largest absolute Gasteiger partial charge is 0.412 e. The maximum atomic E-state index is 3.55. The van der Waals surface area contributed by atoms with E-state index in [1.54, 1.807) is 0 Å². The highest BCUT2D eigenvalue weighted by molar-refractivity contribution is 4.63. The van der Waals surface area contributed by atoms with Crippen LogP contribution in [0.3, 0.4) is 0 Å². The highest BCUT2D eigenvalue weighted by Gasteiger charge is 1.61. The van der Waals surface area contributed by atoms with Crippen LogP contribution < -0.4 is 0 Å².